The van der Waals surface area contributed by atoms with Gasteiger partial charge in [0.1, 0.15) is 45.8 Å². The van der Waals surface area contributed by atoms with Crippen LogP contribution in [0.15, 0.2) is 45.8 Å². The quantitative estimate of drug-likeness (QED) is 0.616. The van der Waals surface area contributed by atoms with Gasteiger partial charge in [0.15, 0.2) is 0 Å². The zero-order valence-corrected chi connectivity index (χ0v) is 14.1. The van der Waals surface area contributed by atoms with Crippen LogP contribution >= 0.6 is 0 Å². The monoisotopic (exact) mass is 352 g/mol. The number of phenols is 3. The number of phenolic OH excluding ortho intramolecular Hbond substituents is 3. The van der Waals surface area contributed by atoms with Gasteiger partial charge in [0.25, 0.3) is 0 Å². The Kier molecular flexibility index (Phi) is 3.27. The summed E-state index contributed by atoms with van der Waals surface area (Å²) in [6, 6.07) is 5.39. The molecule has 4 rings (SSSR count). The van der Waals surface area contributed by atoms with E-state index in [9.17, 15) is 20.1 Å². The Balaban J connectivity index is 2.00. The summed E-state index contributed by atoms with van der Waals surface area (Å²) in [6.45, 7) is 3.75. The van der Waals surface area contributed by atoms with Gasteiger partial charge in [-0.3, -0.25) is 4.79 Å². The molecule has 0 aliphatic carbocycles. The SMILES string of the molecule is CC1(C)C=Cc2c(cc3occ(-c4cc(O)cc(O)c4)c(=O)c3c2O)O1. The molecule has 0 fully saturated rings. The third-order valence-electron chi connectivity index (χ3n) is 4.28. The molecule has 3 aromatic rings. The highest BCUT2D eigenvalue weighted by Gasteiger charge is 2.26. The molecule has 0 spiro atoms. The lowest BCUT2D eigenvalue weighted by Crippen LogP contribution is -2.27. The Morgan fingerprint density at radius 1 is 1.00 bits per heavy atom. The van der Waals surface area contributed by atoms with Crippen molar-refractivity contribution in [1.82, 2.24) is 0 Å². The molecule has 2 aromatic carbocycles. The first kappa shape index (κ1) is 16.1. The van der Waals surface area contributed by atoms with E-state index >= 15 is 0 Å². The van der Waals surface area contributed by atoms with Crippen molar-refractivity contribution in [1.29, 1.82) is 0 Å². The van der Waals surface area contributed by atoms with E-state index in [0.717, 1.165) is 6.07 Å². The molecule has 3 N–H and O–H groups in total. The normalized spacial score (nSPS) is 14.8. The summed E-state index contributed by atoms with van der Waals surface area (Å²) in [6.07, 6.45) is 4.73. The lowest BCUT2D eigenvalue weighted by atomic mass is 9.98. The molecule has 132 valence electrons. The van der Waals surface area contributed by atoms with E-state index in [-0.39, 0.29) is 39.3 Å². The van der Waals surface area contributed by atoms with Gasteiger partial charge < -0.3 is 24.5 Å². The van der Waals surface area contributed by atoms with Crippen molar-refractivity contribution in [2.75, 3.05) is 0 Å². The highest BCUT2D eigenvalue weighted by Crippen LogP contribution is 2.41. The molecular formula is C20H16O6. The van der Waals surface area contributed by atoms with Gasteiger partial charge in [0.2, 0.25) is 5.43 Å². The van der Waals surface area contributed by atoms with Gasteiger partial charge in [0, 0.05) is 12.1 Å². The summed E-state index contributed by atoms with van der Waals surface area (Å²) in [4.78, 5) is 12.9. The first-order valence-electron chi connectivity index (χ1n) is 7.98. The predicted molar refractivity (Wildman–Crippen MR) is 96.7 cm³/mol. The maximum absolute atomic E-state index is 12.9. The largest absolute Gasteiger partial charge is 0.508 e. The van der Waals surface area contributed by atoms with Crippen LogP contribution < -0.4 is 10.2 Å². The van der Waals surface area contributed by atoms with Crippen LogP contribution in [0.1, 0.15) is 19.4 Å². The number of rotatable bonds is 1. The molecule has 0 saturated carbocycles. The summed E-state index contributed by atoms with van der Waals surface area (Å²) >= 11 is 0. The fourth-order valence-electron chi connectivity index (χ4n) is 3.06. The van der Waals surface area contributed by atoms with Crippen LogP contribution in [-0.4, -0.2) is 20.9 Å². The van der Waals surface area contributed by atoms with Crippen molar-refractivity contribution in [3.63, 3.8) is 0 Å². The van der Waals surface area contributed by atoms with Crippen LogP contribution in [0.4, 0.5) is 0 Å². The Morgan fingerprint density at radius 2 is 1.69 bits per heavy atom. The minimum absolute atomic E-state index is 0.0111. The van der Waals surface area contributed by atoms with Crippen LogP contribution in [0, 0.1) is 0 Å². The van der Waals surface area contributed by atoms with Crippen molar-refractivity contribution < 1.29 is 24.5 Å². The Morgan fingerprint density at radius 3 is 2.38 bits per heavy atom. The number of aromatic hydroxyl groups is 3. The fraction of sp³-hybridized carbons (Fsp3) is 0.150. The molecule has 1 aromatic heterocycles. The second-order valence-electron chi connectivity index (χ2n) is 6.77. The van der Waals surface area contributed by atoms with Crippen molar-refractivity contribution in [2.45, 2.75) is 19.4 Å². The van der Waals surface area contributed by atoms with Crippen LogP contribution in [0.3, 0.4) is 0 Å². The average Bonchev–Trinajstić information content (AvgIpc) is 2.52. The van der Waals surface area contributed by atoms with Gasteiger partial charge >= 0.3 is 0 Å². The van der Waals surface area contributed by atoms with Crippen molar-refractivity contribution in [3.05, 3.63) is 52.4 Å². The maximum atomic E-state index is 12.9. The molecule has 6 heteroatoms. The highest BCUT2D eigenvalue weighted by atomic mass is 16.5. The third-order valence-corrected chi connectivity index (χ3v) is 4.28. The molecule has 0 radical (unpaired) electrons. The number of fused-ring (bicyclic) bond motifs is 2. The van der Waals surface area contributed by atoms with E-state index in [0.29, 0.717) is 11.3 Å². The van der Waals surface area contributed by atoms with Crippen molar-refractivity contribution in [3.8, 4) is 34.1 Å². The zero-order chi connectivity index (χ0) is 18.6. The van der Waals surface area contributed by atoms with Crippen LogP contribution in [0.2, 0.25) is 0 Å². The van der Waals surface area contributed by atoms with Gasteiger partial charge in [-0.15, -0.1) is 0 Å². The molecule has 0 bridgehead atoms. The number of hydrogen-bond donors (Lipinski definition) is 3. The van der Waals surface area contributed by atoms with Crippen LogP contribution in [0.5, 0.6) is 23.0 Å². The zero-order valence-electron chi connectivity index (χ0n) is 14.1. The molecule has 2 heterocycles. The Hall–Kier alpha value is -3.41. The molecule has 1 aliphatic rings. The second kappa shape index (κ2) is 5.29. The second-order valence-corrected chi connectivity index (χ2v) is 6.77. The van der Waals surface area contributed by atoms with Gasteiger partial charge in [-0.25, -0.2) is 0 Å². The first-order chi connectivity index (χ1) is 12.2. The van der Waals surface area contributed by atoms with Crippen LogP contribution in [0.25, 0.3) is 28.2 Å². The molecule has 26 heavy (non-hydrogen) atoms. The maximum Gasteiger partial charge on any atom is 0.204 e. The summed E-state index contributed by atoms with van der Waals surface area (Å²) in [5.74, 6) is -0.182. The fourth-order valence-corrected chi connectivity index (χ4v) is 3.06. The molecular weight excluding hydrogens is 336 g/mol. The van der Waals surface area contributed by atoms with E-state index in [1.165, 1.54) is 18.4 Å². The molecule has 0 atom stereocenters. The molecule has 1 aliphatic heterocycles. The Labute approximate surface area is 148 Å². The predicted octanol–water partition coefficient (Wildman–Crippen LogP) is 3.76. The lowest BCUT2D eigenvalue weighted by Gasteiger charge is -2.28. The van der Waals surface area contributed by atoms with Gasteiger partial charge in [0.05, 0.1) is 11.1 Å². The smallest absolute Gasteiger partial charge is 0.204 e. The topological polar surface area (TPSA) is 100 Å². The van der Waals surface area contributed by atoms with Gasteiger partial charge in [-0.1, -0.05) is 0 Å². The lowest BCUT2D eigenvalue weighted by molar-refractivity contribution is 0.158. The van der Waals surface area contributed by atoms with Crippen molar-refractivity contribution in [2.24, 2.45) is 0 Å². The van der Waals surface area contributed by atoms with E-state index in [1.54, 1.807) is 18.2 Å². The molecule has 0 saturated heterocycles. The third kappa shape index (κ3) is 2.47. The first-order valence-corrected chi connectivity index (χ1v) is 7.98. The number of hydrogen-bond acceptors (Lipinski definition) is 6. The number of ether oxygens (including phenoxy) is 1. The average molecular weight is 352 g/mol. The summed E-state index contributed by atoms with van der Waals surface area (Å²) in [7, 11) is 0. The van der Waals surface area contributed by atoms with Gasteiger partial charge in [-0.05, 0) is 43.7 Å². The van der Waals surface area contributed by atoms with Crippen molar-refractivity contribution >= 4 is 17.0 Å². The molecule has 0 unspecified atom stereocenters. The van der Waals surface area contributed by atoms with E-state index < -0.39 is 11.0 Å². The van der Waals surface area contributed by atoms with Gasteiger partial charge in [-0.2, -0.15) is 0 Å². The molecule has 6 nitrogen and oxygen atoms in total. The van der Waals surface area contributed by atoms with E-state index in [1.807, 2.05) is 13.8 Å². The van der Waals surface area contributed by atoms with E-state index in [4.69, 9.17) is 9.15 Å². The molecule has 0 amide bonds. The number of benzene rings is 2. The summed E-state index contributed by atoms with van der Waals surface area (Å²) in [5, 5.41) is 30.0. The minimum Gasteiger partial charge on any atom is -0.508 e. The minimum atomic E-state index is -0.535. The summed E-state index contributed by atoms with van der Waals surface area (Å²) in [5.41, 5.74) is -0.0321. The van der Waals surface area contributed by atoms with E-state index in [2.05, 4.69) is 0 Å². The Bertz CT molecular complexity index is 1120. The standard InChI is InChI=1S/C20H16O6/c1-20(2)4-3-13-15(26-20)8-16-17(18(13)23)19(24)14(9-25-16)10-5-11(21)7-12(22)6-10/h3-9,21-23H,1-2H3. The van der Waals surface area contributed by atoms with Crippen LogP contribution in [-0.2, 0) is 0 Å². The highest BCUT2D eigenvalue weighted by molar-refractivity contribution is 5.93. The summed E-state index contributed by atoms with van der Waals surface area (Å²) < 4.78 is 11.4.